The lowest BCUT2D eigenvalue weighted by atomic mass is 9.93. The summed E-state index contributed by atoms with van der Waals surface area (Å²) >= 11 is 0. The van der Waals surface area contributed by atoms with Gasteiger partial charge in [0.1, 0.15) is 5.82 Å². The Morgan fingerprint density at radius 3 is 2.05 bits per heavy atom. The zero-order chi connectivity index (χ0) is 15.7. The van der Waals surface area contributed by atoms with Crippen molar-refractivity contribution in [3.8, 4) is 0 Å². The third kappa shape index (κ3) is 3.40. The van der Waals surface area contributed by atoms with Gasteiger partial charge in [-0.2, -0.15) is 26.3 Å². The molecule has 0 aromatic heterocycles. The van der Waals surface area contributed by atoms with E-state index in [0.29, 0.717) is 18.2 Å². The number of alkyl halides is 6. The predicted molar refractivity (Wildman–Crippen MR) is 60.2 cm³/mol. The van der Waals surface area contributed by atoms with Crippen molar-refractivity contribution in [2.45, 2.75) is 19.3 Å². The summed E-state index contributed by atoms with van der Waals surface area (Å²) in [5.41, 5.74) is -4.50. The molecule has 0 nitrogen and oxygen atoms in total. The van der Waals surface area contributed by atoms with Crippen LogP contribution in [0, 0.1) is 5.82 Å². The van der Waals surface area contributed by atoms with Crippen molar-refractivity contribution in [2.75, 3.05) is 0 Å². The summed E-state index contributed by atoms with van der Waals surface area (Å²) in [6.07, 6.45) is -8.99. The summed E-state index contributed by atoms with van der Waals surface area (Å²) in [5.74, 6) is -1.07. The van der Waals surface area contributed by atoms with Gasteiger partial charge in [-0.3, -0.25) is 0 Å². The van der Waals surface area contributed by atoms with Crippen LogP contribution in [0.4, 0.5) is 30.7 Å². The van der Waals surface area contributed by atoms with Gasteiger partial charge in [0.25, 0.3) is 0 Å². The molecule has 1 aromatic rings. The maximum Gasteiger partial charge on any atom is 0.417 e. The normalized spacial score (nSPS) is 13.5. The highest BCUT2D eigenvalue weighted by Crippen LogP contribution is 2.41. The second-order valence-corrected chi connectivity index (χ2v) is 3.87. The Labute approximate surface area is 110 Å². The highest BCUT2D eigenvalue weighted by atomic mass is 19.4. The fourth-order valence-corrected chi connectivity index (χ4v) is 1.63. The van der Waals surface area contributed by atoms with Crippen LogP contribution in [0.15, 0.2) is 36.4 Å². The van der Waals surface area contributed by atoms with Gasteiger partial charge in [-0.1, -0.05) is 12.7 Å². The molecule has 0 heterocycles. The molecular weight excluding hydrogens is 289 g/mol. The Bertz CT molecular complexity index is 547. The van der Waals surface area contributed by atoms with Crippen molar-refractivity contribution in [1.82, 2.24) is 0 Å². The van der Waals surface area contributed by atoms with E-state index >= 15 is 0 Å². The second-order valence-electron chi connectivity index (χ2n) is 3.87. The molecule has 0 spiro atoms. The van der Waals surface area contributed by atoms with Gasteiger partial charge in [0.15, 0.2) is 0 Å². The highest BCUT2D eigenvalue weighted by molar-refractivity contribution is 5.81. The summed E-state index contributed by atoms with van der Waals surface area (Å²) in [6.45, 7) is 3.87. The van der Waals surface area contributed by atoms with Crippen molar-refractivity contribution in [3.63, 3.8) is 0 Å². The van der Waals surface area contributed by atoms with Gasteiger partial charge in [-0.15, -0.1) is 0 Å². The Hall–Kier alpha value is -1.79. The molecule has 20 heavy (non-hydrogen) atoms. The number of hydrogen-bond donors (Lipinski definition) is 0. The number of halogens is 7. The zero-order valence-electron chi connectivity index (χ0n) is 10.2. The van der Waals surface area contributed by atoms with E-state index in [-0.39, 0.29) is 0 Å². The smallest absolute Gasteiger partial charge is 0.207 e. The number of benzene rings is 1. The third-order valence-electron chi connectivity index (χ3n) is 2.53. The summed E-state index contributed by atoms with van der Waals surface area (Å²) in [5, 5.41) is 0. The molecule has 0 bridgehead atoms. The first-order valence-electron chi connectivity index (χ1n) is 5.28. The summed E-state index contributed by atoms with van der Waals surface area (Å²) in [6, 6.07) is 1.35. The minimum Gasteiger partial charge on any atom is -0.207 e. The Morgan fingerprint density at radius 2 is 1.65 bits per heavy atom. The predicted octanol–water partition coefficient (Wildman–Crippen LogP) is 5.37. The summed E-state index contributed by atoms with van der Waals surface area (Å²) in [7, 11) is 0. The van der Waals surface area contributed by atoms with Crippen LogP contribution in [0.1, 0.15) is 18.1 Å². The van der Waals surface area contributed by atoms with Crippen LogP contribution in [0.5, 0.6) is 0 Å². The van der Waals surface area contributed by atoms with E-state index in [1.165, 1.54) is 0 Å². The molecule has 0 aliphatic heterocycles. The summed E-state index contributed by atoms with van der Waals surface area (Å²) < 4.78 is 89.2. The standard InChI is InChI=1S/C13H9F7/c1-3-9(7(2)12(15,16)17)10-6-8(14)4-5-11(10)13(18,19)20/h3-6H,2H2,1H3/b9-3+. The monoisotopic (exact) mass is 298 g/mol. The van der Waals surface area contributed by atoms with E-state index in [0.717, 1.165) is 13.0 Å². The van der Waals surface area contributed by atoms with Gasteiger partial charge < -0.3 is 0 Å². The van der Waals surface area contributed by atoms with E-state index < -0.39 is 40.4 Å². The lowest BCUT2D eigenvalue weighted by molar-refractivity contribution is -0.137. The van der Waals surface area contributed by atoms with Crippen molar-refractivity contribution >= 4 is 5.57 Å². The number of rotatable bonds is 2. The largest absolute Gasteiger partial charge is 0.417 e. The lowest BCUT2D eigenvalue weighted by Crippen LogP contribution is -2.15. The van der Waals surface area contributed by atoms with Gasteiger partial charge >= 0.3 is 12.4 Å². The Morgan fingerprint density at radius 1 is 1.10 bits per heavy atom. The van der Waals surface area contributed by atoms with Crippen LogP contribution in [-0.2, 0) is 6.18 Å². The third-order valence-corrected chi connectivity index (χ3v) is 2.53. The molecule has 0 aliphatic carbocycles. The van der Waals surface area contributed by atoms with Crippen molar-refractivity contribution in [1.29, 1.82) is 0 Å². The molecule has 7 heteroatoms. The molecule has 110 valence electrons. The van der Waals surface area contributed by atoms with E-state index in [9.17, 15) is 30.7 Å². The first kappa shape index (κ1) is 16.3. The topological polar surface area (TPSA) is 0 Å². The molecule has 1 aromatic carbocycles. The SMILES string of the molecule is C=C(/C(=C\C)c1cc(F)ccc1C(F)(F)F)C(F)(F)F. The minimum absolute atomic E-state index is 0.401. The fraction of sp³-hybridized carbons (Fsp3) is 0.231. The fourth-order valence-electron chi connectivity index (χ4n) is 1.63. The first-order valence-corrected chi connectivity index (χ1v) is 5.28. The number of allylic oxidation sites excluding steroid dienone is 3. The van der Waals surface area contributed by atoms with E-state index in [2.05, 4.69) is 6.58 Å². The average molecular weight is 298 g/mol. The Balaban J connectivity index is 3.52. The molecule has 0 unspecified atom stereocenters. The molecule has 0 aliphatic rings. The quantitative estimate of drug-likeness (QED) is 0.509. The average Bonchev–Trinajstić information content (AvgIpc) is 2.27. The van der Waals surface area contributed by atoms with E-state index in [1.54, 1.807) is 0 Å². The van der Waals surface area contributed by atoms with E-state index in [1.807, 2.05) is 0 Å². The Kier molecular flexibility index (Phi) is 4.31. The number of hydrogen-bond acceptors (Lipinski definition) is 0. The van der Waals surface area contributed by atoms with Crippen LogP contribution >= 0.6 is 0 Å². The van der Waals surface area contributed by atoms with Gasteiger partial charge in [-0.25, -0.2) is 4.39 Å². The van der Waals surface area contributed by atoms with Crippen LogP contribution < -0.4 is 0 Å². The van der Waals surface area contributed by atoms with Gasteiger partial charge in [0, 0.05) is 0 Å². The van der Waals surface area contributed by atoms with Crippen LogP contribution in [0.25, 0.3) is 5.57 Å². The zero-order valence-corrected chi connectivity index (χ0v) is 10.2. The molecule has 0 radical (unpaired) electrons. The molecule has 0 saturated heterocycles. The van der Waals surface area contributed by atoms with Gasteiger partial charge in [0.05, 0.1) is 11.1 Å². The van der Waals surface area contributed by atoms with Crippen molar-refractivity contribution in [2.24, 2.45) is 0 Å². The molecule has 0 saturated carbocycles. The highest BCUT2D eigenvalue weighted by Gasteiger charge is 2.39. The van der Waals surface area contributed by atoms with Crippen LogP contribution in [-0.4, -0.2) is 6.18 Å². The first-order chi connectivity index (χ1) is 8.98. The minimum atomic E-state index is -4.91. The van der Waals surface area contributed by atoms with Crippen molar-refractivity contribution in [3.05, 3.63) is 53.4 Å². The van der Waals surface area contributed by atoms with Crippen molar-refractivity contribution < 1.29 is 30.7 Å². The second kappa shape index (κ2) is 5.30. The van der Waals surface area contributed by atoms with E-state index in [4.69, 9.17) is 0 Å². The molecule has 0 fully saturated rings. The summed E-state index contributed by atoms with van der Waals surface area (Å²) in [4.78, 5) is 0. The molecule has 1 rings (SSSR count). The maximum atomic E-state index is 13.1. The molecule has 0 N–H and O–H groups in total. The van der Waals surface area contributed by atoms with Gasteiger partial charge in [-0.05, 0) is 36.3 Å². The lowest BCUT2D eigenvalue weighted by Gasteiger charge is -2.18. The van der Waals surface area contributed by atoms with Gasteiger partial charge in [0.2, 0.25) is 0 Å². The van der Waals surface area contributed by atoms with Crippen LogP contribution in [0.2, 0.25) is 0 Å². The maximum absolute atomic E-state index is 13.1. The molecule has 0 amide bonds. The molecular formula is C13H9F7. The van der Waals surface area contributed by atoms with Crippen LogP contribution in [0.3, 0.4) is 0 Å². The molecule has 0 atom stereocenters.